The van der Waals surface area contributed by atoms with Crippen LogP contribution in [-0.4, -0.2) is 34.3 Å². The van der Waals surface area contributed by atoms with Crippen molar-refractivity contribution in [1.82, 2.24) is 14.7 Å². The number of rotatable bonds is 4. The molecule has 2 rings (SSSR count). The largest absolute Gasteiger partial charge is 0.329 e. The van der Waals surface area contributed by atoms with Crippen LogP contribution in [0, 0.1) is 0 Å². The molecular formula is C10H18N4. The smallest absolute Gasteiger partial charge is 0.0538 e. The van der Waals surface area contributed by atoms with Crippen LogP contribution in [0.3, 0.4) is 0 Å². The van der Waals surface area contributed by atoms with Gasteiger partial charge in [0.1, 0.15) is 0 Å². The average Bonchev–Trinajstić information content (AvgIpc) is 2.92. The first-order valence-electron chi connectivity index (χ1n) is 5.13. The van der Waals surface area contributed by atoms with E-state index >= 15 is 0 Å². The zero-order valence-electron chi connectivity index (χ0n) is 8.85. The van der Waals surface area contributed by atoms with Gasteiger partial charge in [0, 0.05) is 31.4 Å². The number of likely N-dealkylation sites (N-methyl/N-ethyl adjacent to an activating group) is 1. The average molecular weight is 194 g/mol. The Balaban J connectivity index is 2.11. The van der Waals surface area contributed by atoms with Crippen molar-refractivity contribution in [3.8, 4) is 0 Å². The monoisotopic (exact) mass is 194 g/mol. The van der Waals surface area contributed by atoms with Crippen molar-refractivity contribution in [1.29, 1.82) is 0 Å². The van der Waals surface area contributed by atoms with Crippen molar-refractivity contribution < 1.29 is 0 Å². The molecule has 4 heteroatoms. The first-order chi connectivity index (χ1) is 6.72. The third-order valence-corrected chi connectivity index (χ3v) is 2.95. The second kappa shape index (κ2) is 3.71. The molecule has 1 fully saturated rings. The van der Waals surface area contributed by atoms with E-state index in [0.29, 0.717) is 12.6 Å². The van der Waals surface area contributed by atoms with Crippen LogP contribution < -0.4 is 5.73 Å². The predicted molar refractivity (Wildman–Crippen MR) is 55.8 cm³/mol. The lowest BCUT2D eigenvalue weighted by molar-refractivity contribution is 0.240. The molecular weight excluding hydrogens is 176 g/mol. The second-order valence-electron chi connectivity index (χ2n) is 4.10. The molecule has 2 N–H and O–H groups in total. The molecule has 0 bridgehead atoms. The molecule has 1 unspecified atom stereocenters. The lowest BCUT2D eigenvalue weighted by atomic mass is 10.1. The third-order valence-electron chi connectivity index (χ3n) is 2.95. The van der Waals surface area contributed by atoms with Crippen molar-refractivity contribution in [2.24, 2.45) is 12.8 Å². The van der Waals surface area contributed by atoms with E-state index in [2.05, 4.69) is 23.2 Å². The highest BCUT2D eigenvalue weighted by Gasteiger charge is 2.31. The molecule has 1 saturated carbocycles. The molecule has 1 aliphatic rings. The maximum absolute atomic E-state index is 5.80. The van der Waals surface area contributed by atoms with Crippen molar-refractivity contribution in [3.63, 3.8) is 0 Å². The van der Waals surface area contributed by atoms with Crippen LogP contribution in [0.25, 0.3) is 0 Å². The summed E-state index contributed by atoms with van der Waals surface area (Å²) in [6, 6.07) is 1.07. The number of aromatic nitrogens is 2. The SMILES string of the molecule is CN(C1CC1)C(CN)c1cnn(C)c1. The van der Waals surface area contributed by atoms with Crippen molar-refractivity contribution >= 4 is 0 Å². The quantitative estimate of drug-likeness (QED) is 0.760. The Hall–Kier alpha value is -0.870. The number of nitrogens with two attached hydrogens (primary N) is 1. The Morgan fingerprint density at radius 1 is 1.71 bits per heavy atom. The molecule has 0 aromatic carbocycles. The molecule has 0 aliphatic heterocycles. The molecule has 4 nitrogen and oxygen atoms in total. The van der Waals surface area contributed by atoms with Gasteiger partial charge in [-0.15, -0.1) is 0 Å². The van der Waals surface area contributed by atoms with Crippen LogP contribution >= 0.6 is 0 Å². The van der Waals surface area contributed by atoms with Gasteiger partial charge >= 0.3 is 0 Å². The van der Waals surface area contributed by atoms with Gasteiger partial charge in [0.2, 0.25) is 0 Å². The minimum Gasteiger partial charge on any atom is -0.329 e. The zero-order valence-corrected chi connectivity index (χ0v) is 8.85. The summed E-state index contributed by atoms with van der Waals surface area (Å²) in [6.07, 6.45) is 6.59. The lowest BCUT2D eigenvalue weighted by Crippen LogP contribution is -2.31. The summed E-state index contributed by atoms with van der Waals surface area (Å²) >= 11 is 0. The van der Waals surface area contributed by atoms with Gasteiger partial charge < -0.3 is 5.73 Å². The number of hydrogen-bond donors (Lipinski definition) is 1. The van der Waals surface area contributed by atoms with Crippen LogP contribution in [0.4, 0.5) is 0 Å². The van der Waals surface area contributed by atoms with Crippen molar-refractivity contribution in [2.75, 3.05) is 13.6 Å². The summed E-state index contributed by atoms with van der Waals surface area (Å²) in [4.78, 5) is 2.37. The molecule has 0 spiro atoms. The Labute approximate surface area is 84.7 Å². The van der Waals surface area contributed by atoms with E-state index in [-0.39, 0.29) is 0 Å². The predicted octanol–water partition coefficient (Wildman–Crippen LogP) is 0.514. The van der Waals surface area contributed by atoms with E-state index in [1.807, 2.05) is 17.9 Å². The van der Waals surface area contributed by atoms with Gasteiger partial charge in [0.05, 0.1) is 12.2 Å². The van der Waals surface area contributed by atoms with E-state index in [9.17, 15) is 0 Å². The van der Waals surface area contributed by atoms with Gasteiger partial charge in [-0.3, -0.25) is 9.58 Å². The molecule has 0 radical (unpaired) electrons. The summed E-state index contributed by atoms with van der Waals surface area (Å²) in [7, 11) is 4.09. The van der Waals surface area contributed by atoms with Crippen LogP contribution in [-0.2, 0) is 7.05 Å². The minimum atomic E-state index is 0.330. The van der Waals surface area contributed by atoms with E-state index < -0.39 is 0 Å². The molecule has 1 aliphatic carbocycles. The summed E-state index contributed by atoms with van der Waals surface area (Å²) in [5.41, 5.74) is 7.03. The Morgan fingerprint density at radius 3 is 2.86 bits per heavy atom. The van der Waals surface area contributed by atoms with Crippen molar-refractivity contribution in [2.45, 2.75) is 24.9 Å². The molecule has 14 heavy (non-hydrogen) atoms. The van der Waals surface area contributed by atoms with Gasteiger partial charge in [-0.2, -0.15) is 5.10 Å². The Kier molecular flexibility index (Phi) is 2.56. The van der Waals surface area contributed by atoms with Gasteiger partial charge in [-0.05, 0) is 19.9 Å². The fourth-order valence-electron chi connectivity index (χ4n) is 1.89. The Bertz CT molecular complexity index is 303. The van der Waals surface area contributed by atoms with Crippen LogP contribution in [0.15, 0.2) is 12.4 Å². The highest BCUT2D eigenvalue weighted by molar-refractivity contribution is 5.12. The van der Waals surface area contributed by atoms with E-state index in [1.165, 1.54) is 18.4 Å². The lowest BCUT2D eigenvalue weighted by Gasteiger charge is -2.25. The van der Waals surface area contributed by atoms with E-state index in [0.717, 1.165) is 6.04 Å². The standard InChI is InChI=1S/C10H18N4/c1-13-7-8(6-12-13)10(5-11)14(2)9-3-4-9/h6-7,9-10H,3-5,11H2,1-2H3. The topological polar surface area (TPSA) is 47.1 Å². The van der Waals surface area contributed by atoms with Gasteiger partial charge in [0.25, 0.3) is 0 Å². The fourth-order valence-corrected chi connectivity index (χ4v) is 1.89. The first-order valence-corrected chi connectivity index (χ1v) is 5.13. The Morgan fingerprint density at radius 2 is 2.43 bits per heavy atom. The van der Waals surface area contributed by atoms with E-state index in [1.54, 1.807) is 0 Å². The van der Waals surface area contributed by atoms with Crippen LogP contribution in [0.5, 0.6) is 0 Å². The maximum atomic E-state index is 5.80. The minimum absolute atomic E-state index is 0.330. The van der Waals surface area contributed by atoms with Gasteiger partial charge in [-0.25, -0.2) is 0 Å². The zero-order chi connectivity index (χ0) is 10.1. The van der Waals surface area contributed by atoms with Gasteiger partial charge in [0.15, 0.2) is 0 Å². The molecule has 1 aromatic heterocycles. The fraction of sp³-hybridized carbons (Fsp3) is 0.700. The number of aryl methyl sites for hydroxylation is 1. The number of nitrogens with zero attached hydrogens (tertiary/aromatic N) is 3. The highest BCUT2D eigenvalue weighted by atomic mass is 15.3. The first kappa shape index (κ1) is 9.68. The van der Waals surface area contributed by atoms with Gasteiger partial charge in [-0.1, -0.05) is 0 Å². The summed E-state index contributed by atoms with van der Waals surface area (Å²) < 4.78 is 1.83. The summed E-state index contributed by atoms with van der Waals surface area (Å²) in [5.74, 6) is 0. The summed E-state index contributed by atoms with van der Waals surface area (Å²) in [6.45, 7) is 0.665. The molecule has 0 saturated heterocycles. The molecule has 1 aromatic rings. The van der Waals surface area contributed by atoms with E-state index in [4.69, 9.17) is 5.73 Å². The van der Waals surface area contributed by atoms with Crippen LogP contribution in [0.2, 0.25) is 0 Å². The molecule has 1 heterocycles. The number of hydrogen-bond acceptors (Lipinski definition) is 3. The molecule has 78 valence electrons. The third kappa shape index (κ3) is 1.81. The normalized spacial score (nSPS) is 18.9. The molecule has 1 atom stereocenters. The highest BCUT2D eigenvalue weighted by Crippen LogP contribution is 2.32. The molecule has 0 amide bonds. The summed E-state index contributed by atoms with van der Waals surface area (Å²) in [5, 5.41) is 4.18. The van der Waals surface area contributed by atoms with Crippen LogP contribution in [0.1, 0.15) is 24.4 Å². The maximum Gasteiger partial charge on any atom is 0.0538 e. The van der Waals surface area contributed by atoms with Crippen molar-refractivity contribution in [3.05, 3.63) is 18.0 Å². The second-order valence-corrected chi connectivity index (χ2v) is 4.10.